The Labute approximate surface area is 84.9 Å². The molecular weight excluding hydrogens is 178 g/mol. The standard InChI is InChI=1S/C11H19NO2/c1-10(2)7-4-5-11(10,8(13)6-7)9(14)12-3/h7-8,13H,4-6H2,1-3H3,(H,12,14)/t7-,8+,11+/m1/s1. The largest absolute Gasteiger partial charge is 0.392 e. The van der Waals surface area contributed by atoms with Crippen LogP contribution in [0, 0.1) is 16.7 Å². The summed E-state index contributed by atoms with van der Waals surface area (Å²) in [5, 5.41) is 12.8. The van der Waals surface area contributed by atoms with Crippen molar-refractivity contribution in [3.8, 4) is 0 Å². The van der Waals surface area contributed by atoms with Crippen molar-refractivity contribution in [3.05, 3.63) is 0 Å². The molecule has 3 atom stereocenters. The molecule has 1 amide bonds. The molecule has 2 fully saturated rings. The number of rotatable bonds is 1. The molecule has 0 radical (unpaired) electrons. The van der Waals surface area contributed by atoms with Gasteiger partial charge in [0.25, 0.3) is 0 Å². The molecule has 0 unspecified atom stereocenters. The predicted molar refractivity (Wildman–Crippen MR) is 53.6 cm³/mol. The molecule has 2 rings (SSSR count). The molecule has 0 aliphatic heterocycles. The lowest BCUT2D eigenvalue weighted by atomic mass is 9.67. The molecule has 0 aromatic heterocycles. The maximum Gasteiger partial charge on any atom is 0.229 e. The Bertz CT molecular complexity index is 274. The number of amides is 1. The number of aliphatic hydroxyl groups excluding tert-OH is 1. The lowest BCUT2D eigenvalue weighted by Crippen LogP contribution is -2.50. The van der Waals surface area contributed by atoms with Crippen LogP contribution in [0.1, 0.15) is 33.1 Å². The molecule has 0 heterocycles. The van der Waals surface area contributed by atoms with E-state index in [9.17, 15) is 9.90 Å². The van der Waals surface area contributed by atoms with E-state index in [1.165, 1.54) is 0 Å². The molecule has 80 valence electrons. The van der Waals surface area contributed by atoms with Gasteiger partial charge in [0.05, 0.1) is 11.5 Å². The summed E-state index contributed by atoms with van der Waals surface area (Å²) in [7, 11) is 1.66. The van der Waals surface area contributed by atoms with Crippen LogP contribution in [-0.2, 0) is 4.79 Å². The van der Waals surface area contributed by atoms with Gasteiger partial charge >= 0.3 is 0 Å². The third-order valence-corrected chi connectivity index (χ3v) is 4.77. The summed E-state index contributed by atoms with van der Waals surface area (Å²) in [4.78, 5) is 11.9. The van der Waals surface area contributed by atoms with E-state index in [0.717, 1.165) is 19.3 Å². The van der Waals surface area contributed by atoms with Gasteiger partial charge in [-0.1, -0.05) is 13.8 Å². The molecule has 0 saturated heterocycles. The van der Waals surface area contributed by atoms with Crippen molar-refractivity contribution in [2.75, 3.05) is 7.05 Å². The van der Waals surface area contributed by atoms with Crippen molar-refractivity contribution in [1.29, 1.82) is 0 Å². The van der Waals surface area contributed by atoms with Crippen molar-refractivity contribution < 1.29 is 9.90 Å². The maximum absolute atomic E-state index is 11.9. The number of fused-ring (bicyclic) bond motifs is 2. The third kappa shape index (κ3) is 0.842. The normalized spacial score (nSPS) is 44.0. The van der Waals surface area contributed by atoms with Crippen molar-refractivity contribution in [2.45, 2.75) is 39.2 Å². The van der Waals surface area contributed by atoms with Crippen LogP contribution in [0.4, 0.5) is 0 Å². The van der Waals surface area contributed by atoms with Crippen molar-refractivity contribution in [3.63, 3.8) is 0 Å². The van der Waals surface area contributed by atoms with Crippen LogP contribution in [0.25, 0.3) is 0 Å². The van der Waals surface area contributed by atoms with Crippen LogP contribution in [0.15, 0.2) is 0 Å². The Morgan fingerprint density at radius 1 is 1.50 bits per heavy atom. The Balaban J connectivity index is 2.44. The Morgan fingerprint density at radius 3 is 2.50 bits per heavy atom. The van der Waals surface area contributed by atoms with E-state index in [4.69, 9.17) is 0 Å². The second kappa shape index (κ2) is 2.72. The predicted octanol–water partition coefficient (Wildman–Crippen LogP) is 0.920. The molecule has 2 aliphatic rings. The summed E-state index contributed by atoms with van der Waals surface area (Å²) >= 11 is 0. The van der Waals surface area contributed by atoms with E-state index in [1.807, 2.05) is 0 Å². The minimum atomic E-state index is -0.521. The second-order valence-electron chi connectivity index (χ2n) is 5.26. The van der Waals surface area contributed by atoms with Gasteiger partial charge in [0.1, 0.15) is 0 Å². The lowest BCUT2D eigenvalue weighted by molar-refractivity contribution is -0.142. The highest BCUT2D eigenvalue weighted by atomic mass is 16.3. The van der Waals surface area contributed by atoms with Gasteiger partial charge in [0, 0.05) is 7.05 Å². The topological polar surface area (TPSA) is 49.3 Å². The van der Waals surface area contributed by atoms with Gasteiger partial charge in [0.2, 0.25) is 5.91 Å². The zero-order chi connectivity index (χ0) is 10.6. The van der Waals surface area contributed by atoms with E-state index in [1.54, 1.807) is 7.05 Å². The molecular formula is C11H19NO2. The van der Waals surface area contributed by atoms with Gasteiger partial charge in [-0.05, 0) is 30.6 Å². The van der Waals surface area contributed by atoms with E-state index in [0.29, 0.717) is 5.92 Å². The van der Waals surface area contributed by atoms with Gasteiger partial charge in [0.15, 0.2) is 0 Å². The highest BCUT2D eigenvalue weighted by Crippen LogP contribution is 2.65. The first-order valence-electron chi connectivity index (χ1n) is 5.37. The lowest BCUT2D eigenvalue weighted by Gasteiger charge is -2.38. The Morgan fingerprint density at radius 2 is 2.14 bits per heavy atom. The molecule has 2 bridgehead atoms. The summed E-state index contributed by atoms with van der Waals surface area (Å²) < 4.78 is 0. The van der Waals surface area contributed by atoms with Gasteiger partial charge in [-0.2, -0.15) is 0 Å². The molecule has 14 heavy (non-hydrogen) atoms. The maximum atomic E-state index is 11.9. The fourth-order valence-electron chi connectivity index (χ4n) is 3.71. The van der Waals surface area contributed by atoms with E-state index < -0.39 is 11.5 Å². The van der Waals surface area contributed by atoms with Gasteiger partial charge in [-0.25, -0.2) is 0 Å². The average Bonchev–Trinajstić information content (AvgIpc) is 2.49. The third-order valence-electron chi connectivity index (χ3n) is 4.77. The fourth-order valence-corrected chi connectivity index (χ4v) is 3.71. The van der Waals surface area contributed by atoms with E-state index >= 15 is 0 Å². The SMILES string of the molecule is CNC(=O)[C@]12CC[C@H](C[C@@H]1O)C2(C)C. The zero-order valence-corrected chi connectivity index (χ0v) is 9.13. The van der Waals surface area contributed by atoms with Crippen LogP contribution in [0.2, 0.25) is 0 Å². The minimum Gasteiger partial charge on any atom is -0.392 e. The van der Waals surface area contributed by atoms with Crippen LogP contribution >= 0.6 is 0 Å². The summed E-state index contributed by atoms with van der Waals surface area (Å²) in [5.74, 6) is 0.532. The Hall–Kier alpha value is -0.570. The fraction of sp³-hybridized carbons (Fsp3) is 0.909. The molecule has 0 aromatic carbocycles. The summed E-state index contributed by atoms with van der Waals surface area (Å²) in [6.07, 6.45) is 2.26. The highest BCUT2D eigenvalue weighted by molar-refractivity contribution is 5.85. The molecule has 2 saturated carbocycles. The van der Waals surface area contributed by atoms with E-state index in [-0.39, 0.29) is 11.3 Å². The van der Waals surface area contributed by atoms with Crippen LogP contribution in [0.5, 0.6) is 0 Å². The molecule has 3 heteroatoms. The van der Waals surface area contributed by atoms with Crippen molar-refractivity contribution in [1.82, 2.24) is 5.32 Å². The summed E-state index contributed by atoms with van der Waals surface area (Å²) in [6.45, 7) is 4.24. The van der Waals surface area contributed by atoms with Crippen LogP contribution < -0.4 is 5.32 Å². The van der Waals surface area contributed by atoms with Crippen LogP contribution in [0.3, 0.4) is 0 Å². The summed E-state index contributed by atoms with van der Waals surface area (Å²) in [5.41, 5.74) is -0.571. The number of carbonyl (C=O) groups excluding carboxylic acids is 1. The molecule has 2 aliphatic carbocycles. The first kappa shape index (κ1) is 9.97. The van der Waals surface area contributed by atoms with E-state index in [2.05, 4.69) is 19.2 Å². The summed E-state index contributed by atoms with van der Waals surface area (Å²) in [6, 6.07) is 0. The molecule has 2 N–H and O–H groups in total. The molecule has 0 aromatic rings. The number of aliphatic hydroxyl groups is 1. The van der Waals surface area contributed by atoms with Crippen molar-refractivity contribution >= 4 is 5.91 Å². The monoisotopic (exact) mass is 197 g/mol. The van der Waals surface area contributed by atoms with Crippen molar-refractivity contribution in [2.24, 2.45) is 16.7 Å². The van der Waals surface area contributed by atoms with Gasteiger partial charge < -0.3 is 10.4 Å². The van der Waals surface area contributed by atoms with Gasteiger partial charge in [-0.3, -0.25) is 4.79 Å². The first-order chi connectivity index (χ1) is 6.46. The second-order valence-corrected chi connectivity index (χ2v) is 5.26. The number of hydrogen-bond donors (Lipinski definition) is 2. The average molecular weight is 197 g/mol. The molecule has 3 nitrogen and oxygen atoms in total. The minimum absolute atomic E-state index is 0.0231. The smallest absolute Gasteiger partial charge is 0.229 e. The quantitative estimate of drug-likeness (QED) is 0.656. The van der Waals surface area contributed by atoms with Crippen LogP contribution in [-0.4, -0.2) is 24.2 Å². The Kier molecular flexibility index (Phi) is 1.94. The van der Waals surface area contributed by atoms with Gasteiger partial charge in [-0.15, -0.1) is 0 Å². The number of carbonyl (C=O) groups is 1. The highest BCUT2D eigenvalue weighted by Gasteiger charge is 2.67. The zero-order valence-electron chi connectivity index (χ0n) is 9.13. The number of hydrogen-bond acceptors (Lipinski definition) is 2. The molecule has 0 spiro atoms. The number of nitrogens with one attached hydrogen (secondary N) is 1. The first-order valence-corrected chi connectivity index (χ1v) is 5.37.